The molecular weight excluding hydrogens is 322 g/mol. The van der Waals surface area contributed by atoms with E-state index >= 15 is 0 Å². The third kappa shape index (κ3) is 8.65. The van der Waals surface area contributed by atoms with Gasteiger partial charge >= 0.3 is 11.8 Å². The number of nitrogens with one attached hydrogen (secondary N) is 1. The van der Waals surface area contributed by atoms with Gasteiger partial charge in [-0.3, -0.25) is 9.59 Å². The smallest absolute Gasteiger partial charge is 0.311 e. The summed E-state index contributed by atoms with van der Waals surface area (Å²) in [5, 5.41) is 19.0. The zero-order valence-corrected chi connectivity index (χ0v) is 16.0. The molecule has 25 heavy (non-hydrogen) atoms. The second kappa shape index (κ2) is 8.96. The number of carbonyl (C=O) groups excluding carboxylic acids is 2. The number of nitrogens with zero attached hydrogens (tertiary/aromatic N) is 1. The van der Waals surface area contributed by atoms with Crippen LogP contribution in [0, 0.1) is 11.8 Å². The molecule has 0 bridgehead atoms. The van der Waals surface area contributed by atoms with Crippen molar-refractivity contribution in [3.05, 3.63) is 0 Å². The Bertz CT molecular complexity index is 444. The van der Waals surface area contributed by atoms with E-state index in [1.165, 1.54) is 26.7 Å². The van der Waals surface area contributed by atoms with Gasteiger partial charge in [0.05, 0.1) is 0 Å². The molecule has 7 heteroatoms. The van der Waals surface area contributed by atoms with Crippen LogP contribution >= 0.6 is 0 Å². The van der Waals surface area contributed by atoms with Crippen molar-refractivity contribution in [1.29, 1.82) is 0 Å². The zero-order valence-electron chi connectivity index (χ0n) is 16.0. The molecule has 2 aliphatic rings. The molecule has 146 valence electrons. The summed E-state index contributed by atoms with van der Waals surface area (Å²) >= 11 is 0. The lowest BCUT2D eigenvalue weighted by atomic mass is 9.91. The molecule has 1 aliphatic carbocycles. The SMILES string of the molecule is CC(C)(O)O.CC1CCCC1CNC(=O)C(=O)N1CCC(C)(N)CC1. The lowest BCUT2D eigenvalue weighted by Crippen LogP contribution is -2.53. The Morgan fingerprint density at radius 1 is 1.24 bits per heavy atom. The topological polar surface area (TPSA) is 116 Å². The third-order valence-corrected chi connectivity index (χ3v) is 4.95. The Kier molecular flexibility index (Phi) is 7.84. The number of hydrogen-bond acceptors (Lipinski definition) is 5. The molecule has 2 rings (SSSR count). The molecule has 1 saturated heterocycles. The molecule has 0 aromatic heterocycles. The Morgan fingerprint density at radius 3 is 2.20 bits per heavy atom. The molecule has 1 heterocycles. The van der Waals surface area contributed by atoms with Crippen molar-refractivity contribution in [2.45, 2.75) is 71.1 Å². The van der Waals surface area contributed by atoms with E-state index in [0.717, 1.165) is 19.3 Å². The highest BCUT2D eigenvalue weighted by atomic mass is 16.5. The lowest BCUT2D eigenvalue weighted by Gasteiger charge is -2.36. The number of hydrogen-bond donors (Lipinski definition) is 4. The van der Waals surface area contributed by atoms with Crippen LogP contribution in [-0.4, -0.2) is 57.9 Å². The summed E-state index contributed by atoms with van der Waals surface area (Å²) in [5.41, 5.74) is 5.83. The van der Waals surface area contributed by atoms with E-state index in [1.54, 1.807) is 4.90 Å². The van der Waals surface area contributed by atoms with Gasteiger partial charge in [-0.15, -0.1) is 0 Å². The van der Waals surface area contributed by atoms with E-state index in [1.807, 2.05) is 6.92 Å². The lowest BCUT2D eigenvalue weighted by molar-refractivity contribution is -0.146. The van der Waals surface area contributed by atoms with Crippen LogP contribution in [0.2, 0.25) is 0 Å². The van der Waals surface area contributed by atoms with Gasteiger partial charge in [-0.2, -0.15) is 0 Å². The van der Waals surface area contributed by atoms with Crippen molar-refractivity contribution < 1.29 is 19.8 Å². The number of rotatable bonds is 2. The molecule has 0 aromatic carbocycles. The van der Waals surface area contributed by atoms with E-state index in [4.69, 9.17) is 15.9 Å². The molecule has 2 atom stereocenters. The molecule has 2 amide bonds. The molecular formula is C18H35N3O4. The molecule has 0 radical (unpaired) electrons. The molecule has 7 nitrogen and oxygen atoms in total. The summed E-state index contributed by atoms with van der Waals surface area (Å²) in [5.74, 6) is -1.17. The fourth-order valence-corrected chi connectivity index (χ4v) is 3.19. The molecule has 1 aliphatic heterocycles. The average molecular weight is 357 g/mol. The van der Waals surface area contributed by atoms with Crippen LogP contribution in [0.5, 0.6) is 0 Å². The Labute approximate surface area is 150 Å². The normalized spacial score (nSPS) is 25.8. The van der Waals surface area contributed by atoms with Crippen LogP contribution in [0.15, 0.2) is 0 Å². The number of likely N-dealkylation sites (tertiary alicyclic amines) is 1. The first-order valence-electron chi connectivity index (χ1n) is 9.20. The van der Waals surface area contributed by atoms with E-state index in [2.05, 4.69) is 12.2 Å². The van der Waals surface area contributed by atoms with Gasteiger partial charge in [0.25, 0.3) is 0 Å². The van der Waals surface area contributed by atoms with Gasteiger partial charge in [0.1, 0.15) is 0 Å². The van der Waals surface area contributed by atoms with E-state index in [9.17, 15) is 9.59 Å². The largest absolute Gasteiger partial charge is 0.366 e. The minimum Gasteiger partial charge on any atom is -0.366 e. The van der Waals surface area contributed by atoms with Crippen LogP contribution in [-0.2, 0) is 9.59 Å². The Balaban J connectivity index is 0.000000550. The van der Waals surface area contributed by atoms with Crippen molar-refractivity contribution >= 4 is 11.8 Å². The van der Waals surface area contributed by atoms with Crippen molar-refractivity contribution in [2.24, 2.45) is 17.6 Å². The second-order valence-corrected chi connectivity index (χ2v) is 8.32. The number of aliphatic hydroxyl groups is 2. The summed E-state index contributed by atoms with van der Waals surface area (Å²) in [7, 11) is 0. The number of piperidine rings is 1. The maximum absolute atomic E-state index is 12.1. The molecule has 0 spiro atoms. The predicted molar refractivity (Wildman–Crippen MR) is 96.4 cm³/mol. The van der Waals surface area contributed by atoms with Crippen LogP contribution < -0.4 is 11.1 Å². The zero-order chi connectivity index (χ0) is 19.3. The summed E-state index contributed by atoms with van der Waals surface area (Å²) in [4.78, 5) is 25.6. The molecule has 2 fully saturated rings. The number of amides is 2. The van der Waals surface area contributed by atoms with Crippen molar-refractivity contribution in [2.75, 3.05) is 19.6 Å². The van der Waals surface area contributed by atoms with E-state index in [0.29, 0.717) is 31.5 Å². The Hall–Kier alpha value is -1.18. The summed E-state index contributed by atoms with van der Waals surface area (Å²) < 4.78 is 0. The van der Waals surface area contributed by atoms with Gasteiger partial charge in [-0.1, -0.05) is 19.8 Å². The molecule has 5 N–H and O–H groups in total. The van der Waals surface area contributed by atoms with Gasteiger partial charge < -0.3 is 26.2 Å². The summed E-state index contributed by atoms with van der Waals surface area (Å²) in [6.45, 7) is 8.61. The van der Waals surface area contributed by atoms with Crippen LogP contribution in [0.3, 0.4) is 0 Å². The van der Waals surface area contributed by atoms with Gasteiger partial charge in [-0.25, -0.2) is 0 Å². The first-order valence-corrected chi connectivity index (χ1v) is 9.20. The fourth-order valence-electron chi connectivity index (χ4n) is 3.19. The van der Waals surface area contributed by atoms with Crippen molar-refractivity contribution in [3.63, 3.8) is 0 Å². The van der Waals surface area contributed by atoms with E-state index in [-0.39, 0.29) is 5.54 Å². The average Bonchev–Trinajstić information content (AvgIpc) is 2.87. The van der Waals surface area contributed by atoms with Gasteiger partial charge in [-0.05, 0) is 51.9 Å². The molecule has 0 aromatic rings. The monoisotopic (exact) mass is 357 g/mol. The predicted octanol–water partition coefficient (Wildman–Crippen LogP) is 0.586. The van der Waals surface area contributed by atoms with E-state index < -0.39 is 17.6 Å². The first kappa shape index (κ1) is 21.9. The molecule has 2 unspecified atom stereocenters. The highest BCUT2D eigenvalue weighted by molar-refractivity contribution is 6.35. The number of nitrogens with two attached hydrogens (primary N) is 1. The first-order chi connectivity index (χ1) is 11.4. The summed E-state index contributed by atoms with van der Waals surface area (Å²) in [6, 6.07) is 0. The van der Waals surface area contributed by atoms with Crippen LogP contribution in [0.25, 0.3) is 0 Å². The van der Waals surface area contributed by atoms with Crippen LogP contribution in [0.4, 0.5) is 0 Å². The van der Waals surface area contributed by atoms with Crippen molar-refractivity contribution in [3.8, 4) is 0 Å². The second-order valence-electron chi connectivity index (χ2n) is 8.32. The van der Waals surface area contributed by atoms with Crippen molar-refractivity contribution in [1.82, 2.24) is 10.2 Å². The number of carbonyl (C=O) groups is 2. The van der Waals surface area contributed by atoms with Crippen LogP contribution in [0.1, 0.15) is 59.8 Å². The maximum atomic E-state index is 12.1. The summed E-state index contributed by atoms with van der Waals surface area (Å²) in [6.07, 6.45) is 5.13. The highest BCUT2D eigenvalue weighted by Crippen LogP contribution is 2.30. The van der Waals surface area contributed by atoms with Gasteiger partial charge in [0.15, 0.2) is 5.79 Å². The third-order valence-electron chi connectivity index (χ3n) is 4.95. The minimum atomic E-state index is -1.50. The highest BCUT2D eigenvalue weighted by Gasteiger charge is 2.31. The maximum Gasteiger partial charge on any atom is 0.311 e. The molecule has 1 saturated carbocycles. The van der Waals surface area contributed by atoms with Gasteiger partial charge in [0, 0.05) is 25.2 Å². The van der Waals surface area contributed by atoms with Gasteiger partial charge in [0.2, 0.25) is 0 Å². The quantitative estimate of drug-likeness (QED) is 0.426. The Morgan fingerprint density at radius 2 is 1.76 bits per heavy atom. The standard InChI is InChI=1S/C15H27N3O2.C3H8O2/c1-11-4-3-5-12(11)10-17-13(19)14(20)18-8-6-15(2,16)7-9-18;1-3(2,4)5/h11-12H,3-10,16H2,1-2H3,(H,17,19);4-5H,1-2H3. The minimum absolute atomic E-state index is 0.202. The fraction of sp³-hybridized carbons (Fsp3) is 0.889.